The van der Waals surface area contributed by atoms with Crippen molar-refractivity contribution < 1.29 is 19.4 Å². The predicted molar refractivity (Wildman–Crippen MR) is 83.8 cm³/mol. The highest BCUT2D eigenvalue weighted by molar-refractivity contribution is 5.88. The Kier molecular flexibility index (Phi) is 4.69. The van der Waals surface area contributed by atoms with Crippen molar-refractivity contribution >= 4 is 11.9 Å². The molecule has 1 saturated carbocycles. The van der Waals surface area contributed by atoms with Crippen LogP contribution in [0.2, 0.25) is 0 Å². The van der Waals surface area contributed by atoms with Crippen LogP contribution in [-0.2, 0) is 14.3 Å². The summed E-state index contributed by atoms with van der Waals surface area (Å²) in [6.07, 6.45) is 12.2. The molecule has 4 heteroatoms. The molecular weight excluding hydrogens is 280 g/mol. The summed E-state index contributed by atoms with van der Waals surface area (Å²) in [5.74, 6) is 0.269. The van der Waals surface area contributed by atoms with Gasteiger partial charge in [0.15, 0.2) is 0 Å². The van der Waals surface area contributed by atoms with Crippen LogP contribution in [0.3, 0.4) is 0 Å². The van der Waals surface area contributed by atoms with Crippen LogP contribution in [-0.4, -0.2) is 17.0 Å². The first-order valence-electron chi connectivity index (χ1n) is 7.51. The molecule has 0 unspecified atom stereocenters. The molecule has 0 bridgehead atoms. The molecule has 2 aliphatic rings. The van der Waals surface area contributed by atoms with Gasteiger partial charge in [0.05, 0.1) is 0 Å². The first kappa shape index (κ1) is 16.3. The fourth-order valence-corrected chi connectivity index (χ4v) is 3.07. The van der Waals surface area contributed by atoms with Gasteiger partial charge in [-0.25, -0.2) is 9.59 Å². The molecule has 2 atom stereocenters. The minimum Gasteiger partial charge on any atom is -0.478 e. The van der Waals surface area contributed by atoms with Gasteiger partial charge in [-0.2, -0.15) is 0 Å². The quantitative estimate of drug-likeness (QED) is 0.601. The molecule has 1 N–H and O–H groups in total. The molecule has 22 heavy (non-hydrogen) atoms. The van der Waals surface area contributed by atoms with Crippen molar-refractivity contribution in [3.05, 3.63) is 47.8 Å². The largest absolute Gasteiger partial charge is 0.478 e. The predicted octanol–water partition coefficient (Wildman–Crippen LogP) is 3.62. The van der Waals surface area contributed by atoms with E-state index in [1.54, 1.807) is 6.08 Å². The topological polar surface area (TPSA) is 63.6 Å². The van der Waals surface area contributed by atoms with Gasteiger partial charge in [0.1, 0.15) is 5.76 Å². The van der Waals surface area contributed by atoms with E-state index in [9.17, 15) is 9.59 Å². The summed E-state index contributed by atoms with van der Waals surface area (Å²) in [5, 5.41) is 8.69. The zero-order valence-electron chi connectivity index (χ0n) is 13.2. The first-order chi connectivity index (χ1) is 10.3. The van der Waals surface area contributed by atoms with E-state index >= 15 is 0 Å². The van der Waals surface area contributed by atoms with Crippen LogP contribution in [0.5, 0.6) is 0 Å². The van der Waals surface area contributed by atoms with Crippen LogP contribution in [0.4, 0.5) is 0 Å². The van der Waals surface area contributed by atoms with E-state index in [0.29, 0.717) is 17.6 Å². The molecule has 0 aromatic heterocycles. The van der Waals surface area contributed by atoms with E-state index in [0.717, 1.165) is 18.4 Å². The Bertz CT molecular complexity index is 590. The lowest BCUT2D eigenvalue weighted by Gasteiger charge is -1.99. The molecule has 0 aromatic carbocycles. The highest BCUT2D eigenvalue weighted by Crippen LogP contribution is 2.61. The molecule has 1 heterocycles. The lowest BCUT2D eigenvalue weighted by atomic mass is 10.1. The summed E-state index contributed by atoms with van der Waals surface area (Å²) in [7, 11) is 0. The smallest absolute Gasteiger partial charge is 0.336 e. The number of cyclic esters (lactones) is 1. The van der Waals surface area contributed by atoms with Crippen molar-refractivity contribution in [3.8, 4) is 0 Å². The normalized spacial score (nSPS) is 28.4. The van der Waals surface area contributed by atoms with Crippen molar-refractivity contribution in [3.63, 3.8) is 0 Å². The summed E-state index contributed by atoms with van der Waals surface area (Å²) >= 11 is 0. The third kappa shape index (κ3) is 3.75. The maximum atomic E-state index is 11.1. The van der Waals surface area contributed by atoms with E-state index < -0.39 is 5.97 Å². The number of aliphatic carboxylic acids is 1. The van der Waals surface area contributed by atoms with Crippen LogP contribution in [0.15, 0.2) is 47.8 Å². The number of ether oxygens (including phenoxy) is 1. The summed E-state index contributed by atoms with van der Waals surface area (Å²) in [5.41, 5.74) is 1.02. The van der Waals surface area contributed by atoms with Gasteiger partial charge in [0.2, 0.25) is 0 Å². The molecule has 118 valence electrons. The minimum absolute atomic E-state index is 0.179. The maximum absolute atomic E-state index is 11.1. The monoisotopic (exact) mass is 302 g/mol. The number of hydrogen-bond donors (Lipinski definition) is 1. The Morgan fingerprint density at radius 1 is 1.45 bits per heavy atom. The van der Waals surface area contributed by atoms with Crippen LogP contribution >= 0.6 is 0 Å². The summed E-state index contributed by atoms with van der Waals surface area (Å²) in [6, 6.07) is 0. The summed E-state index contributed by atoms with van der Waals surface area (Å²) < 4.78 is 5.03. The Morgan fingerprint density at radius 2 is 2.18 bits per heavy atom. The third-order valence-electron chi connectivity index (χ3n) is 4.55. The molecule has 1 aliphatic heterocycles. The molecule has 2 rings (SSSR count). The van der Waals surface area contributed by atoms with Crippen LogP contribution < -0.4 is 0 Å². The Balaban J connectivity index is 1.79. The molecule has 0 saturated heterocycles. The van der Waals surface area contributed by atoms with Gasteiger partial charge in [-0.15, -0.1) is 0 Å². The minimum atomic E-state index is -0.887. The molecular formula is C18H22O4. The van der Waals surface area contributed by atoms with Crippen molar-refractivity contribution in [2.24, 2.45) is 17.3 Å². The van der Waals surface area contributed by atoms with Crippen molar-refractivity contribution in [1.29, 1.82) is 0 Å². The second-order valence-corrected chi connectivity index (χ2v) is 6.44. The second kappa shape index (κ2) is 6.34. The van der Waals surface area contributed by atoms with Gasteiger partial charge >= 0.3 is 11.9 Å². The summed E-state index contributed by atoms with van der Waals surface area (Å²) in [6.45, 7) is 6.19. The lowest BCUT2D eigenvalue weighted by molar-refractivity contribution is -0.132. The van der Waals surface area contributed by atoms with Gasteiger partial charge < -0.3 is 9.84 Å². The van der Waals surface area contributed by atoms with Crippen LogP contribution in [0, 0.1) is 17.3 Å². The Labute approximate surface area is 130 Å². The number of esters is 1. The number of carboxylic acid groups (broad SMARTS) is 1. The van der Waals surface area contributed by atoms with E-state index in [1.807, 2.05) is 19.1 Å². The average molecular weight is 302 g/mol. The number of allylic oxidation sites excluding steroid dienone is 5. The molecule has 1 aliphatic carbocycles. The Hall–Kier alpha value is -2.10. The second-order valence-electron chi connectivity index (χ2n) is 6.44. The molecule has 0 spiro atoms. The van der Waals surface area contributed by atoms with E-state index in [-0.39, 0.29) is 11.4 Å². The van der Waals surface area contributed by atoms with Gasteiger partial charge in [0.25, 0.3) is 0 Å². The van der Waals surface area contributed by atoms with Gasteiger partial charge in [-0.3, -0.25) is 0 Å². The van der Waals surface area contributed by atoms with Crippen LogP contribution in [0.1, 0.15) is 33.6 Å². The molecule has 4 nitrogen and oxygen atoms in total. The zero-order valence-corrected chi connectivity index (χ0v) is 13.2. The molecule has 0 radical (unpaired) electrons. The highest BCUT2D eigenvalue weighted by Gasteiger charge is 2.54. The van der Waals surface area contributed by atoms with Gasteiger partial charge in [-0.1, -0.05) is 32.1 Å². The van der Waals surface area contributed by atoms with E-state index in [2.05, 4.69) is 19.9 Å². The number of carbonyl (C=O) groups is 2. The maximum Gasteiger partial charge on any atom is 0.336 e. The van der Waals surface area contributed by atoms with Crippen molar-refractivity contribution in [2.45, 2.75) is 33.6 Å². The number of hydrogen-bond acceptors (Lipinski definition) is 3. The van der Waals surface area contributed by atoms with E-state index in [4.69, 9.17) is 9.84 Å². The third-order valence-corrected chi connectivity index (χ3v) is 4.55. The van der Waals surface area contributed by atoms with Crippen LogP contribution in [0.25, 0.3) is 0 Å². The Morgan fingerprint density at radius 3 is 2.77 bits per heavy atom. The fraction of sp³-hybridized carbons (Fsp3) is 0.444. The first-order valence-corrected chi connectivity index (χ1v) is 7.51. The summed E-state index contributed by atoms with van der Waals surface area (Å²) in [4.78, 5) is 21.6. The zero-order chi connectivity index (χ0) is 16.3. The number of carboxylic acids is 1. The average Bonchev–Trinajstić information content (AvgIpc) is 2.76. The molecule has 0 aromatic rings. The standard InChI is InChI=1S/C18H22O4/c1-12-11-17(21)22-15(12)8-6-4-5-7-13-14(18(13,2)3)9-10-16(19)20/h4,6,8-11,13-14H,5,7H2,1-3H3,(H,19,20)/b6-4+,10-9+,15-8-/t13-,14+/m1/s1. The number of rotatable bonds is 6. The fourth-order valence-electron chi connectivity index (χ4n) is 3.07. The highest BCUT2D eigenvalue weighted by atomic mass is 16.5. The lowest BCUT2D eigenvalue weighted by Crippen LogP contribution is -1.90. The van der Waals surface area contributed by atoms with Gasteiger partial charge in [0, 0.05) is 12.2 Å². The van der Waals surface area contributed by atoms with Crippen molar-refractivity contribution in [2.75, 3.05) is 0 Å². The SMILES string of the molecule is CC1=CC(=O)O/C1=C\C=C\CC[C@@H]1[C@H](/C=C/C(=O)O)C1(C)C. The van der Waals surface area contributed by atoms with Gasteiger partial charge in [-0.05, 0) is 48.7 Å². The number of carbonyl (C=O) groups excluding carboxylic acids is 1. The van der Waals surface area contributed by atoms with Crippen molar-refractivity contribution in [1.82, 2.24) is 0 Å². The van der Waals surface area contributed by atoms with E-state index in [1.165, 1.54) is 12.2 Å². The molecule has 0 amide bonds. The molecule has 1 fully saturated rings.